The van der Waals surface area contributed by atoms with Gasteiger partial charge in [0.05, 0.1) is 5.60 Å². The molecule has 1 aromatic heterocycles. The molecule has 1 N–H and O–H groups in total. The molecule has 0 saturated heterocycles. The molecule has 0 aliphatic carbocycles. The maximum atomic E-state index is 10.5. The van der Waals surface area contributed by atoms with Crippen LogP contribution in [0.2, 0.25) is 0 Å². The molecule has 1 unspecified atom stereocenters. The Bertz CT molecular complexity index is 440. The van der Waals surface area contributed by atoms with Gasteiger partial charge in [0, 0.05) is 6.42 Å². The van der Waals surface area contributed by atoms with Crippen molar-refractivity contribution in [2.45, 2.75) is 25.9 Å². The highest BCUT2D eigenvalue weighted by Crippen LogP contribution is 2.26. The molecule has 0 radical (unpaired) electrons. The number of benzene rings is 1. The fraction of sp³-hybridized carbons (Fsp3) is 0.286. The summed E-state index contributed by atoms with van der Waals surface area (Å²) in [6.45, 7) is 3.92. The van der Waals surface area contributed by atoms with E-state index < -0.39 is 5.60 Å². The second-order valence-corrected chi connectivity index (χ2v) is 5.23. The summed E-state index contributed by atoms with van der Waals surface area (Å²) in [6.07, 6.45) is 0.666. The van der Waals surface area contributed by atoms with Crippen LogP contribution in [-0.2, 0) is 12.0 Å². The molecule has 0 aliphatic heterocycles. The summed E-state index contributed by atoms with van der Waals surface area (Å²) < 4.78 is 0. The second kappa shape index (κ2) is 4.40. The molecule has 2 aromatic rings. The fourth-order valence-electron chi connectivity index (χ4n) is 1.81. The molecular formula is C14H16OS. The number of aliphatic hydroxyl groups is 1. The van der Waals surface area contributed by atoms with Crippen molar-refractivity contribution in [2.75, 3.05) is 0 Å². The summed E-state index contributed by atoms with van der Waals surface area (Å²) in [4.78, 5) is 0. The van der Waals surface area contributed by atoms with Crippen molar-refractivity contribution in [1.29, 1.82) is 0 Å². The van der Waals surface area contributed by atoms with Crippen molar-refractivity contribution in [3.05, 3.63) is 57.8 Å². The largest absolute Gasteiger partial charge is 0.385 e. The van der Waals surface area contributed by atoms with Crippen LogP contribution in [-0.4, -0.2) is 5.11 Å². The molecule has 1 nitrogen and oxygen atoms in total. The lowest BCUT2D eigenvalue weighted by Gasteiger charge is -2.23. The van der Waals surface area contributed by atoms with Gasteiger partial charge in [-0.05, 0) is 41.8 Å². The van der Waals surface area contributed by atoms with E-state index in [2.05, 4.69) is 18.4 Å². The van der Waals surface area contributed by atoms with Crippen molar-refractivity contribution in [2.24, 2.45) is 0 Å². The maximum absolute atomic E-state index is 10.5. The Morgan fingerprint density at radius 2 is 1.88 bits per heavy atom. The molecule has 0 saturated carbocycles. The van der Waals surface area contributed by atoms with Crippen LogP contribution in [0.3, 0.4) is 0 Å². The molecule has 1 atom stereocenters. The van der Waals surface area contributed by atoms with E-state index in [0.717, 1.165) is 5.56 Å². The summed E-state index contributed by atoms with van der Waals surface area (Å²) >= 11 is 1.67. The third-order valence-corrected chi connectivity index (χ3v) is 3.53. The Kier molecular flexibility index (Phi) is 3.13. The standard InChI is InChI=1S/C14H16OS/c1-11-3-5-13(6-4-11)14(2,15)9-12-7-8-16-10-12/h3-8,10,15H,9H2,1-2H3. The van der Waals surface area contributed by atoms with Crippen molar-refractivity contribution in [3.63, 3.8) is 0 Å². The van der Waals surface area contributed by atoms with Gasteiger partial charge in [-0.25, -0.2) is 0 Å². The zero-order chi connectivity index (χ0) is 11.6. The average molecular weight is 232 g/mol. The Morgan fingerprint density at radius 3 is 2.44 bits per heavy atom. The van der Waals surface area contributed by atoms with Gasteiger partial charge in [0.2, 0.25) is 0 Å². The predicted octanol–water partition coefficient (Wildman–Crippen LogP) is 3.51. The molecule has 0 amide bonds. The molecule has 0 fully saturated rings. The zero-order valence-corrected chi connectivity index (χ0v) is 10.4. The second-order valence-electron chi connectivity index (χ2n) is 4.45. The number of hydrogen-bond acceptors (Lipinski definition) is 2. The van der Waals surface area contributed by atoms with Gasteiger partial charge in [0.25, 0.3) is 0 Å². The van der Waals surface area contributed by atoms with Crippen LogP contribution in [0.1, 0.15) is 23.6 Å². The number of rotatable bonds is 3. The molecule has 84 valence electrons. The van der Waals surface area contributed by atoms with E-state index in [1.807, 2.05) is 36.6 Å². The molecule has 1 heterocycles. The van der Waals surface area contributed by atoms with Crippen molar-refractivity contribution < 1.29 is 5.11 Å². The molecule has 2 rings (SSSR count). The molecular weight excluding hydrogens is 216 g/mol. The quantitative estimate of drug-likeness (QED) is 0.858. The van der Waals surface area contributed by atoms with Gasteiger partial charge in [-0.2, -0.15) is 11.3 Å². The highest BCUT2D eigenvalue weighted by atomic mass is 32.1. The zero-order valence-electron chi connectivity index (χ0n) is 9.60. The van der Waals surface area contributed by atoms with Crippen LogP contribution < -0.4 is 0 Å². The molecule has 16 heavy (non-hydrogen) atoms. The number of thiophene rings is 1. The molecule has 1 aromatic carbocycles. The third kappa shape index (κ3) is 2.52. The van der Waals surface area contributed by atoms with Crippen LogP contribution in [0, 0.1) is 6.92 Å². The Hall–Kier alpha value is -1.12. The first-order chi connectivity index (χ1) is 7.58. The van der Waals surface area contributed by atoms with E-state index in [1.165, 1.54) is 11.1 Å². The first kappa shape index (κ1) is 11.4. The smallest absolute Gasteiger partial charge is 0.0909 e. The summed E-state index contributed by atoms with van der Waals surface area (Å²) in [6, 6.07) is 10.1. The van der Waals surface area contributed by atoms with E-state index in [4.69, 9.17) is 0 Å². The molecule has 0 aliphatic rings. The monoisotopic (exact) mass is 232 g/mol. The van der Waals surface area contributed by atoms with Crippen molar-refractivity contribution in [3.8, 4) is 0 Å². The van der Waals surface area contributed by atoms with E-state index in [9.17, 15) is 5.11 Å². The molecule has 2 heteroatoms. The minimum absolute atomic E-state index is 0.666. The summed E-state index contributed by atoms with van der Waals surface area (Å²) in [5.41, 5.74) is 2.60. The SMILES string of the molecule is Cc1ccc(C(C)(O)Cc2ccsc2)cc1. The highest BCUT2D eigenvalue weighted by molar-refractivity contribution is 7.07. The van der Waals surface area contributed by atoms with Crippen molar-refractivity contribution >= 4 is 11.3 Å². The van der Waals surface area contributed by atoms with Crippen LogP contribution in [0.4, 0.5) is 0 Å². The Balaban J connectivity index is 2.21. The lowest BCUT2D eigenvalue weighted by Crippen LogP contribution is -2.23. The van der Waals surface area contributed by atoms with Crippen LogP contribution >= 0.6 is 11.3 Å². The third-order valence-electron chi connectivity index (χ3n) is 2.80. The summed E-state index contributed by atoms with van der Waals surface area (Å²) in [5.74, 6) is 0. The van der Waals surface area contributed by atoms with E-state index in [0.29, 0.717) is 6.42 Å². The van der Waals surface area contributed by atoms with Crippen LogP contribution in [0.15, 0.2) is 41.1 Å². The normalized spacial score (nSPS) is 14.7. The summed E-state index contributed by atoms with van der Waals surface area (Å²) in [7, 11) is 0. The van der Waals surface area contributed by atoms with Crippen molar-refractivity contribution in [1.82, 2.24) is 0 Å². The van der Waals surface area contributed by atoms with Gasteiger partial charge >= 0.3 is 0 Å². The van der Waals surface area contributed by atoms with E-state index >= 15 is 0 Å². The first-order valence-electron chi connectivity index (χ1n) is 5.38. The Morgan fingerprint density at radius 1 is 1.19 bits per heavy atom. The highest BCUT2D eigenvalue weighted by Gasteiger charge is 2.23. The van der Waals surface area contributed by atoms with E-state index in [-0.39, 0.29) is 0 Å². The van der Waals surface area contributed by atoms with Gasteiger partial charge in [0.1, 0.15) is 0 Å². The lowest BCUT2D eigenvalue weighted by molar-refractivity contribution is 0.0577. The van der Waals surface area contributed by atoms with Gasteiger partial charge in [-0.3, -0.25) is 0 Å². The number of aryl methyl sites for hydroxylation is 1. The van der Waals surface area contributed by atoms with E-state index in [1.54, 1.807) is 11.3 Å². The van der Waals surface area contributed by atoms with Gasteiger partial charge in [-0.15, -0.1) is 0 Å². The van der Waals surface area contributed by atoms with Gasteiger partial charge in [-0.1, -0.05) is 29.8 Å². The molecule has 0 spiro atoms. The minimum atomic E-state index is -0.783. The maximum Gasteiger partial charge on any atom is 0.0909 e. The van der Waals surface area contributed by atoms with Gasteiger partial charge in [0.15, 0.2) is 0 Å². The fourth-order valence-corrected chi connectivity index (χ4v) is 2.47. The van der Waals surface area contributed by atoms with Gasteiger partial charge < -0.3 is 5.11 Å². The first-order valence-corrected chi connectivity index (χ1v) is 6.33. The molecule has 0 bridgehead atoms. The minimum Gasteiger partial charge on any atom is -0.385 e. The summed E-state index contributed by atoms with van der Waals surface area (Å²) in [5, 5.41) is 14.6. The van der Waals surface area contributed by atoms with Crippen LogP contribution in [0.5, 0.6) is 0 Å². The average Bonchev–Trinajstić information content (AvgIpc) is 2.70. The van der Waals surface area contributed by atoms with Crippen LogP contribution in [0.25, 0.3) is 0 Å². The lowest BCUT2D eigenvalue weighted by atomic mass is 9.89. The Labute approximate surface area is 100 Å². The predicted molar refractivity (Wildman–Crippen MR) is 68.8 cm³/mol. The number of hydrogen-bond donors (Lipinski definition) is 1. The topological polar surface area (TPSA) is 20.2 Å².